The fraction of sp³-hybridized carbons (Fsp3) is 0.412. The molecular weight excluding hydrogens is 294 g/mol. The SMILES string of the molecule is COc1ccccc1CCNC(=O)CN(C)Cc1cc(C)on1. The molecule has 1 aromatic heterocycles. The van der Waals surface area contributed by atoms with Gasteiger partial charge < -0.3 is 14.6 Å². The molecule has 0 bridgehead atoms. The van der Waals surface area contributed by atoms with Crippen LogP contribution in [0.2, 0.25) is 0 Å². The molecule has 0 spiro atoms. The van der Waals surface area contributed by atoms with Crippen molar-refractivity contribution in [2.45, 2.75) is 19.9 Å². The molecule has 124 valence electrons. The monoisotopic (exact) mass is 317 g/mol. The smallest absolute Gasteiger partial charge is 0.234 e. The number of benzene rings is 1. The molecule has 0 radical (unpaired) electrons. The molecule has 2 rings (SSSR count). The lowest BCUT2D eigenvalue weighted by atomic mass is 10.1. The Kier molecular flexibility index (Phi) is 6.17. The summed E-state index contributed by atoms with van der Waals surface area (Å²) in [7, 11) is 3.53. The molecular formula is C17H23N3O3. The lowest BCUT2D eigenvalue weighted by Crippen LogP contribution is -2.35. The highest BCUT2D eigenvalue weighted by Gasteiger charge is 2.09. The Hall–Kier alpha value is -2.34. The Morgan fingerprint density at radius 2 is 2.17 bits per heavy atom. The van der Waals surface area contributed by atoms with E-state index in [1.54, 1.807) is 7.11 Å². The van der Waals surface area contributed by atoms with Crippen molar-refractivity contribution in [1.82, 2.24) is 15.4 Å². The number of methoxy groups -OCH3 is 1. The first-order chi connectivity index (χ1) is 11.1. The maximum Gasteiger partial charge on any atom is 0.234 e. The molecule has 0 aliphatic heterocycles. The van der Waals surface area contributed by atoms with Crippen molar-refractivity contribution in [1.29, 1.82) is 0 Å². The molecule has 1 N–H and O–H groups in total. The molecule has 6 heteroatoms. The predicted molar refractivity (Wildman–Crippen MR) is 87.3 cm³/mol. The number of carbonyl (C=O) groups excluding carboxylic acids is 1. The zero-order valence-electron chi connectivity index (χ0n) is 13.8. The van der Waals surface area contributed by atoms with Gasteiger partial charge in [-0.3, -0.25) is 9.69 Å². The molecule has 0 fully saturated rings. The van der Waals surface area contributed by atoms with E-state index < -0.39 is 0 Å². The van der Waals surface area contributed by atoms with E-state index >= 15 is 0 Å². The molecule has 0 atom stereocenters. The van der Waals surface area contributed by atoms with Gasteiger partial charge in [0.25, 0.3) is 0 Å². The summed E-state index contributed by atoms with van der Waals surface area (Å²) < 4.78 is 10.3. The quantitative estimate of drug-likeness (QED) is 0.804. The summed E-state index contributed by atoms with van der Waals surface area (Å²) in [4.78, 5) is 13.9. The number of rotatable bonds is 8. The van der Waals surface area contributed by atoms with Gasteiger partial charge in [0.2, 0.25) is 5.91 Å². The zero-order chi connectivity index (χ0) is 16.7. The van der Waals surface area contributed by atoms with Crippen LogP contribution in [0, 0.1) is 6.92 Å². The van der Waals surface area contributed by atoms with Gasteiger partial charge in [-0.05, 0) is 32.0 Å². The number of likely N-dealkylation sites (N-methyl/N-ethyl adjacent to an activating group) is 1. The number of nitrogens with zero attached hydrogens (tertiary/aromatic N) is 2. The van der Waals surface area contributed by atoms with Gasteiger partial charge in [0.05, 0.1) is 19.3 Å². The number of nitrogens with one attached hydrogen (secondary N) is 1. The van der Waals surface area contributed by atoms with E-state index in [4.69, 9.17) is 9.26 Å². The number of carbonyl (C=O) groups is 1. The largest absolute Gasteiger partial charge is 0.496 e. The molecule has 1 amide bonds. The first kappa shape index (κ1) is 17.0. The summed E-state index contributed by atoms with van der Waals surface area (Å²) >= 11 is 0. The first-order valence-electron chi connectivity index (χ1n) is 7.58. The van der Waals surface area contributed by atoms with Crippen molar-refractivity contribution in [3.05, 3.63) is 47.3 Å². The summed E-state index contributed by atoms with van der Waals surface area (Å²) in [6.07, 6.45) is 0.738. The fourth-order valence-electron chi connectivity index (χ4n) is 2.37. The maximum absolute atomic E-state index is 12.0. The zero-order valence-corrected chi connectivity index (χ0v) is 13.8. The van der Waals surface area contributed by atoms with Crippen molar-refractivity contribution < 1.29 is 14.1 Å². The lowest BCUT2D eigenvalue weighted by Gasteiger charge is -2.15. The Labute approximate surface area is 136 Å². The van der Waals surface area contributed by atoms with E-state index in [1.807, 2.05) is 49.2 Å². The lowest BCUT2D eigenvalue weighted by molar-refractivity contribution is -0.122. The van der Waals surface area contributed by atoms with Crippen LogP contribution in [0.3, 0.4) is 0 Å². The Balaban J connectivity index is 1.72. The van der Waals surface area contributed by atoms with Crippen LogP contribution in [-0.2, 0) is 17.8 Å². The number of amides is 1. The van der Waals surface area contributed by atoms with Gasteiger partial charge in [0, 0.05) is 19.2 Å². The highest BCUT2D eigenvalue weighted by Crippen LogP contribution is 2.17. The molecule has 0 unspecified atom stereocenters. The Bertz CT molecular complexity index is 640. The van der Waals surface area contributed by atoms with Gasteiger partial charge in [-0.2, -0.15) is 0 Å². The van der Waals surface area contributed by atoms with Gasteiger partial charge in [0.1, 0.15) is 11.5 Å². The van der Waals surface area contributed by atoms with Crippen LogP contribution < -0.4 is 10.1 Å². The van der Waals surface area contributed by atoms with Crippen molar-refractivity contribution in [3.63, 3.8) is 0 Å². The second kappa shape index (κ2) is 8.33. The van der Waals surface area contributed by atoms with E-state index in [-0.39, 0.29) is 5.91 Å². The molecule has 1 aromatic carbocycles. The van der Waals surface area contributed by atoms with Crippen molar-refractivity contribution >= 4 is 5.91 Å². The van der Waals surface area contributed by atoms with E-state index in [1.165, 1.54) is 0 Å². The number of para-hydroxylation sites is 1. The predicted octanol–water partition coefficient (Wildman–Crippen LogP) is 1.78. The third-order valence-corrected chi connectivity index (χ3v) is 3.43. The highest BCUT2D eigenvalue weighted by molar-refractivity contribution is 5.77. The average molecular weight is 317 g/mol. The molecule has 23 heavy (non-hydrogen) atoms. The molecule has 1 heterocycles. The summed E-state index contributed by atoms with van der Waals surface area (Å²) in [5, 5.41) is 6.85. The number of hydrogen-bond donors (Lipinski definition) is 1. The third-order valence-electron chi connectivity index (χ3n) is 3.43. The van der Waals surface area contributed by atoms with E-state index in [9.17, 15) is 4.79 Å². The minimum atomic E-state index is -0.0115. The van der Waals surface area contributed by atoms with Gasteiger partial charge >= 0.3 is 0 Å². The summed E-state index contributed by atoms with van der Waals surface area (Å²) in [6, 6.07) is 9.69. The molecule has 0 saturated heterocycles. The molecule has 2 aromatic rings. The molecule has 0 aliphatic rings. The van der Waals surface area contributed by atoms with Crippen LogP contribution in [0.4, 0.5) is 0 Å². The number of hydrogen-bond acceptors (Lipinski definition) is 5. The number of ether oxygens (including phenoxy) is 1. The van der Waals surface area contributed by atoms with Crippen LogP contribution in [0.25, 0.3) is 0 Å². The van der Waals surface area contributed by atoms with Crippen molar-refractivity contribution in [2.24, 2.45) is 0 Å². The van der Waals surface area contributed by atoms with Gasteiger partial charge in [-0.25, -0.2) is 0 Å². The Morgan fingerprint density at radius 1 is 1.39 bits per heavy atom. The summed E-state index contributed by atoms with van der Waals surface area (Å²) in [5.74, 6) is 1.61. The van der Waals surface area contributed by atoms with Gasteiger partial charge in [-0.1, -0.05) is 23.4 Å². The molecule has 0 saturated carbocycles. The van der Waals surface area contributed by atoms with Gasteiger partial charge in [-0.15, -0.1) is 0 Å². The van der Waals surface area contributed by atoms with Crippen LogP contribution in [0.1, 0.15) is 17.0 Å². The fourth-order valence-corrected chi connectivity index (χ4v) is 2.37. The minimum Gasteiger partial charge on any atom is -0.496 e. The van der Waals surface area contributed by atoms with Crippen LogP contribution in [0.5, 0.6) is 5.75 Å². The maximum atomic E-state index is 12.0. The van der Waals surface area contributed by atoms with Crippen LogP contribution >= 0.6 is 0 Å². The van der Waals surface area contributed by atoms with E-state index in [0.29, 0.717) is 19.6 Å². The number of aryl methyl sites for hydroxylation is 1. The summed E-state index contributed by atoms with van der Waals surface area (Å²) in [5.41, 5.74) is 1.91. The molecule has 6 nitrogen and oxygen atoms in total. The van der Waals surface area contributed by atoms with E-state index in [0.717, 1.165) is 29.2 Å². The first-order valence-corrected chi connectivity index (χ1v) is 7.58. The number of aromatic nitrogens is 1. The Morgan fingerprint density at radius 3 is 2.87 bits per heavy atom. The topological polar surface area (TPSA) is 67.6 Å². The van der Waals surface area contributed by atoms with Crippen molar-refractivity contribution in [3.8, 4) is 5.75 Å². The standard InChI is InChI=1S/C17H23N3O3/c1-13-10-15(19-23-13)11-20(2)12-17(21)18-9-8-14-6-4-5-7-16(14)22-3/h4-7,10H,8-9,11-12H2,1-3H3,(H,18,21). The van der Waals surface area contributed by atoms with E-state index in [2.05, 4.69) is 10.5 Å². The molecule has 0 aliphatic carbocycles. The summed E-state index contributed by atoms with van der Waals surface area (Å²) in [6.45, 7) is 3.33. The highest BCUT2D eigenvalue weighted by atomic mass is 16.5. The van der Waals surface area contributed by atoms with Gasteiger partial charge in [0.15, 0.2) is 0 Å². The van der Waals surface area contributed by atoms with Crippen molar-refractivity contribution in [2.75, 3.05) is 27.2 Å². The van der Waals surface area contributed by atoms with Crippen LogP contribution in [0.15, 0.2) is 34.9 Å². The minimum absolute atomic E-state index is 0.0115. The third kappa shape index (κ3) is 5.41. The normalized spacial score (nSPS) is 10.8. The second-order valence-electron chi connectivity index (χ2n) is 5.51. The second-order valence-corrected chi connectivity index (χ2v) is 5.51. The average Bonchev–Trinajstić information content (AvgIpc) is 2.92. The van der Waals surface area contributed by atoms with Crippen LogP contribution in [-0.4, -0.2) is 43.2 Å².